The lowest BCUT2D eigenvalue weighted by molar-refractivity contribution is -0.117. The highest BCUT2D eigenvalue weighted by Crippen LogP contribution is 2.25. The summed E-state index contributed by atoms with van der Waals surface area (Å²) in [7, 11) is 1.68. The van der Waals surface area contributed by atoms with Crippen molar-refractivity contribution in [3.05, 3.63) is 30.5 Å². The van der Waals surface area contributed by atoms with E-state index in [0.29, 0.717) is 0 Å². The largest absolute Gasteiger partial charge is 0.359 e. The number of anilines is 1. The van der Waals surface area contributed by atoms with Crippen molar-refractivity contribution >= 4 is 22.5 Å². The number of para-hydroxylation sites is 1. The molecular formula is C12H11N3O. The lowest BCUT2D eigenvalue weighted by atomic mass is 10.2. The quantitative estimate of drug-likeness (QED) is 0.829. The van der Waals surface area contributed by atoms with Gasteiger partial charge in [0.2, 0.25) is 5.91 Å². The van der Waals surface area contributed by atoms with E-state index in [2.05, 4.69) is 4.98 Å². The van der Waals surface area contributed by atoms with E-state index in [1.54, 1.807) is 13.2 Å². The fourth-order valence-electron chi connectivity index (χ4n) is 1.65. The Morgan fingerprint density at radius 3 is 3.00 bits per heavy atom. The predicted molar refractivity (Wildman–Crippen MR) is 61.9 cm³/mol. The van der Waals surface area contributed by atoms with Gasteiger partial charge < -0.3 is 9.88 Å². The summed E-state index contributed by atoms with van der Waals surface area (Å²) in [6.45, 7) is 0. The van der Waals surface area contributed by atoms with Crippen LogP contribution in [0.2, 0.25) is 0 Å². The third kappa shape index (κ3) is 1.63. The number of nitrogens with zero attached hydrogens (tertiary/aromatic N) is 2. The van der Waals surface area contributed by atoms with Crippen LogP contribution < -0.4 is 4.90 Å². The Morgan fingerprint density at radius 2 is 2.25 bits per heavy atom. The lowest BCUT2D eigenvalue weighted by Gasteiger charge is -2.14. The number of fused-ring (bicyclic) bond motifs is 1. The molecule has 1 amide bonds. The van der Waals surface area contributed by atoms with Gasteiger partial charge >= 0.3 is 0 Å². The molecule has 0 aliphatic rings. The van der Waals surface area contributed by atoms with Crippen molar-refractivity contribution in [1.82, 2.24) is 4.98 Å². The van der Waals surface area contributed by atoms with Crippen LogP contribution >= 0.6 is 0 Å². The van der Waals surface area contributed by atoms with Crippen LogP contribution in [0.25, 0.3) is 10.9 Å². The highest BCUT2D eigenvalue weighted by atomic mass is 16.2. The maximum absolute atomic E-state index is 11.6. The number of amides is 1. The first-order valence-electron chi connectivity index (χ1n) is 4.93. The second kappa shape index (κ2) is 4.07. The van der Waals surface area contributed by atoms with E-state index in [1.807, 2.05) is 30.3 Å². The Labute approximate surface area is 93.1 Å². The van der Waals surface area contributed by atoms with Crippen molar-refractivity contribution < 1.29 is 4.79 Å². The molecule has 0 unspecified atom stereocenters. The molecular weight excluding hydrogens is 202 g/mol. The first-order chi connectivity index (χ1) is 7.74. The summed E-state index contributed by atoms with van der Waals surface area (Å²) in [5.74, 6) is -0.202. The van der Waals surface area contributed by atoms with E-state index in [4.69, 9.17) is 5.26 Å². The Morgan fingerprint density at radius 1 is 1.50 bits per heavy atom. The highest BCUT2D eigenvalue weighted by molar-refractivity contribution is 6.03. The van der Waals surface area contributed by atoms with Gasteiger partial charge in [-0.1, -0.05) is 18.2 Å². The van der Waals surface area contributed by atoms with E-state index in [9.17, 15) is 4.79 Å². The topological polar surface area (TPSA) is 59.9 Å². The highest BCUT2D eigenvalue weighted by Gasteiger charge is 2.13. The number of nitrogens with one attached hydrogen (secondary N) is 1. The summed E-state index contributed by atoms with van der Waals surface area (Å²) in [6, 6.07) is 9.59. The van der Waals surface area contributed by atoms with Gasteiger partial charge in [0, 0.05) is 24.1 Å². The fourth-order valence-corrected chi connectivity index (χ4v) is 1.65. The van der Waals surface area contributed by atoms with Gasteiger partial charge in [-0.15, -0.1) is 0 Å². The smallest absolute Gasteiger partial charge is 0.241 e. The first kappa shape index (κ1) is 10.2. The van der Waals surface area contributed by atoms with Gasteiger partial charge in [0.1, 0.15) is 6.42 Å². The molecule has 0 saturated carbocycles. The number of aromatic amines is 1. The first-order valence-corrected chi connectivity index (χ1v) is 4.93. The number of nitriles is 1. The zero-order valence-electron chi connectivity index (χ0n) is 8.90. The molecule has 1 aromatic heterocycles. The lowest BCUT2D eigenvalue weighted by Crippen LogP contribution is -2.25. The zero-order valence-corrected chi connectivity index (χ0v) is 8.90. The summed E-state index contributed by atoms with van der Waals surface area (Å²) in [4.78, 5) is 16.2. The fraction of sp³-hybridized carbons (Fsp3) is 0.167. The molecule has 16 heavy (non-hydrogen) atoms. The summed E-state index contributed by atoms with van der Waals surface area (Å²) in [6.07, 6.45) is 1.68. The number of carbonyl (C=O) groups is 1. The van der Waals surface area contributed by atoms with E-state index < -0.39 is 0 Å². The molecule has 2 aromatic rings. The summed E-state index contributed by atoms with van der Waals surface area (Å²) >= 11 is 0. The Balaban J connectivity index is 2.41. The second-order valence-electron chi connectivity index (χ2n) is 3.51. The second-order valence-corrected chi connectivity index (χ2v) is 3.51. The number of carbonyl (C=O) groups excluding carboxylic acids is 1. The minimum Gasteiger partial charge on any atom is -0.359 e. The van der Waals surface area contributed by atoms with Gasteiger partial charge in [0.15, 0.2) is 0 Å². The number of rotatable bonds is 2. The molecule has 0 atom stereocenters. The van der Waals surface area contributed by atoms with Gasteiger partial charge in [-0.2, -0.15) is 5.26 Å². The van der Waals surface area contributed by atoms with Gasteiger partial charge in [0.25, 0.3) is 0 Å². The molecule has 1 N–H and O–H groups in total. The molecule has 0 aliphatic heterocycles. The summed E-state index contributed by atoms with van der Waals surface area (Å²) in [5.41, 5.74) is 1.78. The normalized spacial score (nSPS) is 10.0. The molecule has 2 rings (SSSR count). The number of hydrogen-bond acceptors (Lipinski definition) is 2. The van der Waals surface area contributed by atoms with Crippen LogP contribution in [0.5, 0.6) is 0 Å². The molecule has 0 bridgehead atoms. The SMILES string of the molecule is CN(C(=O)CC#N)c1c[nH]c2ccccc12. The van der Waals surface area contributed by atoms with Crippen molar-refractivity contribution in [3.8, 4) is 6.07 Å². The number of hydrogen-bond donors (Lipinski definition) is 1. The summed E-state index contributed by atoms with van der Waals surface area (Å²) < 4.78 is 0. The van der Waals surface area contributed by atoms with E-state index in [1.165, 1.54) is 4.90 Å². The predicted octanol–water partition coefficient (Wildman–Crippen LogP) is 2.04. The molecule has 4 heteroatoms. The van der Waals surface area contributed by atoms with Gasteiger partial charge in [-0.3, -0.25) is 4.79 Å². The Kier molecular flexibility index (Phi) is 2.61. The van der Waals surface area contributed by atoms with E-state index in [0.717, 1.165) is 16.6 Å². The van der Waals surface area contributed by atoms with Crippen LogP contribution in [0.3, 0.4) is 0 Å². The Hall–Kier alpha value is -2.28. The number of aromatic nitrogens is 1. The minimum atomic E-state index is -0.202. The molecule has 0 radical (unpaired) electrons. The Bertz CT molecular complexity index is 565. The molecule has 1 aromatic carbocycles. The van der Waals surface area contributed by atoms with Crippen molar-refractivity contribution in [1.29, 1.82) is 5.26 Å². The molecule has 1 heterocycles. The molecule has 4 nitrogen and oxygen atoms in total. The van der Waals surface area contributed by atoms with Crippen LogP contribution in [0.1, 0.15) is 6.42 Å². The third-order valence-electron chi connectivity index (χ3n) is 2.53. The maximum atomic E-state index is 11.6. The average Bonchev–Trinajstić information content (AvgIpc) is 2.72. The van der Waals surface area contributed by atoms with Gasteiger partial charge in [-0.25, -0.2) is 0 Å². The monoisotopic (exact) mass is 213 g/mol. The van der Waals surface area contributed by atoms with Crippen LogP contribution in [-0.4, -0.2) is 17.9 Å². The zero-order chi connectivity index (χ0) is 11.5. The van der Waals surface area contributed by atoms with Crippen molar-refractivity contribution in [2.24, 2.45) is 0 Å². The number of benzene rings is 1. The van der Waals surface area contributed by atoms with E-state index in [-0.39, 0.29) is 12.3 Å². The van der Waals surface area contributed by atoms with Crippen LogP contribution in [0.4, 0.5) is 5.69 Å². The molecule has 80 valence electrons. The third-order valence-corrected chi connectivity index (χ3v) is 2.53. The molecule has 0 fully saturated rings. The molecule has 0 saturated heterocycles. The average molecular weight is 213 g/mol. The van der Waals surface area contributed by atoms with Crippen LogP contribution in [-0.2, 0) is 4.79 Å². The van der Waals surface area contributed by atoms with Crippen LogP contribution in [0, 0.1) is 11.3 Å². The molecule has 0 aliphatic carbocycles. The van der Waals surface area contributed by atoms with Gasteiger partial charge in [-0.05, 0) is 6.07 Å². The van der Waals surface area contributed by atoms with Crippen molar-refractivity contribution in [2.45, 2.75) is 6.42 Å². The summed E-state index contributed by atoms with van der Waals surface area (Å²) in [5, 5.41) is 9.47. The van der Waals surface area contributed by atoms with E-state index >= 15 is 0 Å². The standard InChI is InChI=1S/C12H11N3O/c1-15(12(16)6-7-13)11-8-14-10-5-3-2-4-9(10)11/h2-5,8,14H,6H2,1H3. The minimum absolute atomic E-state index is 0.101. The van der Waals surface area contributed by atoms with Crippen molar-refractivity contribution in [3.63, 3.8) is 0 Å². The molecule has 0 spiro atoms. The van der Waals surface area contributed by atoms with Gasteiger partial charge in [0.05, 0.1) is 11.8 Å². The maximum Gasteiger partial charge on any atom is 0.241 e. The van der Waals surface area contributed by atoms with Crippen molar-refractivity contribution in [2.75, 3.05) is 11.9 Å². The van der Waals surface area contributed by atoms with Crippen LogP contribution in [0.15, 0.2) is 30.5 Å². The number of H-pyrrole nitrogens is 1.